The molecule has 2 atom stereocenters. The lowest BCUT2D eigenvalue weighted by molar-refractivity contribution is -0.137. The third-order valence-corrected chi connectivity index (χ3v) is 5.49. The lowest BCUT2D eigenvalue weighted by Crippen LogP contribution is -2.49. The van der Waals surface area contributed by atoms with Crippen LogP contribution in [-0.4, -0.2) is 51.1 Å². The number of amides is 3. The molecule has 1 aliphatic rings. The zero-order valence-corrected chi connectivity index (χ0v) is 18.4. The highest BCUT2D eigenvalue weighted by molar-refractivity contribution is 6.30. The highest BCUT2D eigenvalue weighted by atomic mass is 35.5. The predicted molar refractivity (Wildman–Crippen MR) is 112 cm³/mol. The number of rotatable bonds is 9. The van der Waals surface area contributed by atoms with Gasteiger partial charge in [-0.1, -0.05) is 11.6 Å². The number of primary amides is 1. The molecule has 3 amide bonds. The lowest BCUT2D eigenvalue weighted by atomic mass is 10.0. The number of nitrogens with zero attached hydrogens (tertiary/aromatic N) is 2. The van der Waals surface area contributed by atoms with Crippen molar-refractivity contribution in [2.45, 2.75) is 37.6 Å². The van der Waals surface area contributed by atoms with Crippen LogP contribution in [-0.2, 0) is 21.9 Å². The number of pyridine rings is 1. The largest absolute Gasteiger partial charge is 0.481 e. The molecule has 1 aromatic carbocycles. The van der Waals surface area contributed by atoms with E-state index in [1.54, 1.807) is 0 Å². The van der Waals surface area contributed by atoms with Crippen LogP contribution in [0.4, 0.5) is 17.6 Å². The van der Waals surface area contributed by atoms with Crippen molar-refractivity contribution in [3.8, 4) is 0 Å². The quantitative estimate of drug-likeness (QED) is 0.345. The molecular weight excluding hydrogens is 500 g/mol. The average Bonchev–Trinajstić information content (AvgIpc) is 3.08. The van der Waals surface area contributed by atoms with Gasteiger partial charge in [-0.25, -0.2) is 17.6 Å². The number of carbonyl (C=O) groups is 4. The van der Waals surface area contributed by atoms with Crippen LogP contribution in [0.15, 0.2) is 30.5 Å². The standard InChI is InChI=1S/C21H17ClF4N4O5/c22-11-6-13(23)16(28-7-11)21(26,20(24)25)29-18(34)9-1-2-12-10(5-9)8-30(19(12)35)14(17(27)33)3-4-15(31)32/h1-2,5-7,14,20H,3-4,8H2,(H2,27,33)(H,29,34)(H,31,32). The van der Waals surface area contributed by atoms with Gasteiger partial charge in [0.05, 0.1) is 5.02 Å². The van der Waals surface area contributed by atoms with Gasteiger partial charge < -0.3 is 21.1 Å². The number of benzene rings is 1. The fourth-order valence-corrected chi connectivity index (χ4v) is 3.73. The van der Waals surface area contributed by atoms with Gasteiger partial charge in [-0.05, 0) is 36.2 Å². The number of halogens is 5. The van der Waals surface area contributed by atoms with E-state index in [4.69, 9.17) is 22.4 Å². The van der Waals surface area contributed by atoms with Crippen molar-refractivity contribution >= 4 is 35.3 Å². The normalized spacial score (nSPS) is 15.5. The number of hydrogen-bond donors (Lipinski definition) is 3. The van der Waals surface area contributed by atoms with Crippen molar-refractivity contribution in [2.75, 3.05) is 0 Å². The summed E-state index contributed by atoms with van der Waals surface area (Å²) in [4.78, 5) is 52.2. The van der Waals surface area contributed by atoms with Crippen molar-refractivity contribution < 1.29 is 41.8 Å². The van der Waals surface area contributed by atoms with E-state index in [2.05, 4.69) is 4.98 Å². The first-order chi connectivity index (χ1) is 16.3. The molecule has 186 valence electrons. The topological polar surface area (TPSA) is 143 Å². The number of carbonyl (C=O) groups excluding carboxylic acids is 3. The molecule has 0 aliphatic carbocycles. The monoisotopic (exact) mass is 516 g/mol. The molecule has 0 saturated carbocycles. The second-order valence-corrected chi connectivity index (χ2v) is 8.04. The van der Waals surface area contributed by atoms with Crippen LogP contribution in [0.1, 0.15) is 44.8 Å². The van der Waals surface area contributed by atoms with E-state index in [9.17, 15) is 32.3 Å². The summed E-state index contributed by atoms with van der Waals surface area (Å²) in [5.41, 5.74) is 3.81. The van der Waals surface area contributed by atoms with Gasteiger partial charge >= 0.3 is 5.97 Å². The molecule has 1 aliphatic heterocycles. The number of carboxylic acids is 1. The molecule has 0 radical (unpaired) electrons. The second kappa shape index (κ2) is 9.86. The minimum atomic E-state index is -4.00. The van der Waals surface area contributed by atoms with Gasteiger partial charge in [-0.2, -0.15) is 0 Å². The molecule has 35 heavy (non-hydrogen) atoms. The maximum Gasteiger partial charge on any atom is 0.303 e. The third kappa shape index (κ3) is 5.19. The van der Waals surface area contributed by atoms with Crippen LogP contribution in [0.25, 0.3) is 0 Å². The van der Waals surface area contributed by atoms with E-state index < -0.39 is 59.9 Å². The highest BCUT2D eigenvalue weighted by Crippen LogP contribution is 2.33. The summed E-state index contributed by atoms with van der Waals surface area (Å²) in [6.45, 7) is -0.245. The Morgan fingerprint density at radius 3 is 2.54 bits per heavy atom. The maximum atomic E-state index is 15.1. The molecule has 14 heteroatoms. The fourth-order valence-electron chi connectivity index (χ4n) is 3.58. The fraction of sp³-hybridized carbons (Fsp3) is 0.286. The van der Waals surface area contributed by atoms with Gasteiger partial charge in [-0.3, -0.25) is 24.2 Å². The third-order valence-electron chi connectivity index (χ3n) is 5.28. The molecule has 9 nitrogen and oxygen atoms in total. The Morgan fingerprint density at radius 2 is 1.97 bits per heavy atom. The second-order valence-electron chi connectivity index (χ2n) is 7.61. The number of alkyl halides is 3. The molecule has 0 saturated heterocycles. The Labute approximate surface area is 199 Å². The Kier molecular flexibility index (Phi) is 7.29. The summed E-state index contributed by atoms with van der Waals surface area (Å²) in [7, 11) is 0. The van der Waals surface area contributed by atoms with Gasteiger partial charge in [0.15, 0.2) is 5.82 Å². The maximum absolute atomic E-state index is 15.1. The molecule has 0 fully saturated rings. The Morgan fingerprint density at radius 1 is 1.29 bits per heavy atom. The Hall–Kier alpha value is -3.74. The van der Waals surface area contributed by atoms with Crippen molar-refractivity contribution in [3.63, 3.8) is 0 Å². The lowest BCUT2D eigenvalue weighted by Gasteiger charge is -2.25. The number of hydrogen-bond acceptors (Lipinski definition) is 5. The van der Waals surface area contributed by atoms with Gasteiger partial charge in [0.1, 0.15) is 11.7 Å². The first-order valence-corrected chi connectivity index (χ1v) is 10.3. The van der Waals surface area contributed by atoms with Crippen molar-refractivity contribution in [3.05, 3.63) is 63.7 Å². The molecule has 2 aromatic rings. The number of nitrogens with one attached hydrogen (secondary N) is 1. The number of nitrogens with two attached hydrogens (primary N) is 1. The summed E-state index contributed by atoms with van der Waals surface area (Å²) in [5, 5.41) is 10.0. The minimum absolute atomic E-state index is 0.0499. The van der Waals surface area contributed by atoms with Crippen LogP contribution in [0.2, 0.25) is 5.02 Å². The zero-order chi connectivity index (χ0) is 26.1. The first-order valence-electron chi connectivity index (χ1n) is 9.91. The van der Waals surface area contributed by atoms with Crippen LogP contribution in [0.5, 0.6) is 0 Å². The zero-order valence-electron chi connectivity index (χ0n) is 17.6. The molecule has 1 aromatic heterocycles. The highest BCUT2D eigenvalue weighted by Gasteiger charge is 2.48. The molecule has 4 N–H and O–H groups in total. The van der Waals surface area contributed by atoms with Gasteiger partial charge in [-0.15, -0.1) is 0 Å². The van der Waals surface area contributed by atoms with E-state index in [0.717, 1.165) is 29.3 Å². The number of aliphatic carboxylic acids is 1. The van der Waals surface area contributed by atoms with Crippen LogP contribution in [0.3, 0.4) is 0 Å². The number of carboxylic acid groups (broad SMARTS) is 1. The summed E-state index contributed by atoms with van der Waals surface area (Å²) in [6, 6.07) is 2.62. The summed E-state index contributed by atoms with van der Waals surface area (Å²) in [6.07, 6.45) is -3.87. The Balaban J connectivity index is 1.86. The average molecular weight is 517 g/mol. The predicted octanol–water partition coefficient (Wildman–Crippen LogP) is 2.37. The SMILES string of the molecule is NC(=O)C(CCC(=O)O)N1Cc2cc(C(=O)NC(F)(c3ncc(Cl)cc3F)C(F)F)ccc2C1=O. The van der Waals surface area contributed by atoms with Crippen molar-refractivity contribution in [1.82, 2.24) is 15.2 Å². The molecule has 3 rings (SSSR count). The molecule has 0 bridgehead atoms. The molecule has 2 unspecified atom stereocenters. The smallest absolute Gasteiger partial charge is 0.303 e. The first kappa shape index (κ1) is 25.9. The summed E-state index contributed by atoms with van der Waals surface area (Å²) < 4.78 is 56.4. The van der Waals surface area contributed by atoms with E-state index in [-0.39, 0.29) is 34.7 Å². The van der Waals surface area contributed by atoms with Crippen LogP contribution < -0.4 is 11.1 Å². The van der Waals surface area contributed by atoms with Gasteiger partial charge in [0.2, 0.25) is 5.91 Å². The van der Waals surface area contributed by atoms with Gasteiger partial charge in [0, 0.05) is 30.3 Å². The van der Waals surface area contributed by atoms with Crippen LogP contribution in [0, 0.1) is 5.82 Å². The van der Waals surface area contributed by atoms with Crippen LogP contribution >= 0.6 is 11.6 Å². The van der Waals surface area contributed by atoms with Crippen molar-refractivity contribution in [1.29, 1.82) is 0 Å². The Bertz CT molecular complexity index is 1210. The molecular formula is C21H17ClF4N4O5. The summed E-state index contributed by atoms with van der Waals surface area (Å²) >= 11 is 5.51. The summed E-state index contributed by atoms with van der Waals surface area (Å²) in [5.74, 6) is -9.69. The van der Waals surface area contributed by atoms with E-state index in [0.29, 0.717) is 6.07 Å². The van der Waals surface area contributed by atoms with E-state index in [1.807, 2.05) is 0 Å². The van der Waals surface area contributed by atoms with E-state index in [1.165, 1.54) is 5.32 Å². The van der Waals surface area contributed by atoms with Gasteiger partial charge in [0.25, 0.3) is 24.0 Å². The molecule has 2 heterocycles. The van der Waals surface area contributed by atoms with Crippen molar-refractivity contribution in [2.24, 2.45) is 5.73 Å². The number of aromatic nitrogens is 1. The molecule has 0 spiro atoms. The minimum Gasteiger partial charge on any atom is -0.481 e. The van der Waals surface area contributed by atoms with E-state index >= 15 is 4.39 Å². The number of fused-ring (bicyclic) bond motifs is 1.